The van der Waals surface area contributed by atoms with Gasteiger partial charge in [0.15, 0.2) is 5.03 Å². The minimum atomic E-state index is -4.01. The lowest BCUT2D eigenvalue weighted by atomic mass is 9.99. The lowest BCUT2D eigenvalue weighted by Crippen LogP contribution is -2.50. The van der Waals surface area contributed by atoms with Gasteiger partial charge in [-0.15, -0.1) is 0 Å². The van der Waals surface area contributed by atoms with Gasteiger partial charge < -0.3 is 29.5 Å². The van der Waals surface area contributed by atoms with Crippen molar-refractivity contribution in [2.24, 2.45) is 13.0 Å². The maximum absolute atomic E-state index is 13.7. The third kappa shape index (κ3) is 6.48. The number of aryl methyl sites for hydroxylation is 1. The SMILES string of the molecule is C[C@@H]1CN([C@H](C)CO)C(=O)c2cc(NS(=O)(=O)c3cn(C)cn3)ccc2O[C@H]1CN(C)C(=O)Nc1cccc2ccccc12. The second-order valence-corrected chi connectivity index (χ2v) is 12.8. The number of hydrogen-bond acceptors (Lipinski definition) is 7. The molecule has 3 aromatic carbocycles. The van der Waals surface area contributed by atoms with Gasteiger partial charge in [-0.2, -0.15) is 8.42 Å². The number of benzene rings is 3. The molecule has 1 aromatic heterocycles. The molecule has 1 aliphatic heterocycles. The molecule has 4 aromatic rings. The molecule has 2 heterocycles. The molecule has 0 unspecified atom stereocenters. The maximum Gasteiger partial charge on any atom is 0.321 e. The number of rotatable bonds is 8. The van der Waals surface area contributed by atoms with Crippen LogP contribution in [0.25, 0.3) is 10.8 Å². The zero-order valence-corrected chi connectivity index (χ0v) is 25.8. The van der Waals surface area contributed by atoms with Gasteiger partial charge in [-0.25, -0.2) is 9.78 Å². The van der Waals surface area contributed by atoms with Gasteiger partial charge in [0.25, 0.3) is 15.9 Å². The van der Waals surface area contributed by atoms with Crippen molar-refractivity contribution in [3.05, 3.63) is 78.8 Å². The predicted octanol–water partition coefficient (Wildman–Crippen LogP) is 3.76. The van der Waals surface area contributed by atoms with E-state index >= 15 is 0 Å². The first-order chi connectivity index (χ1) is 21.0. The number of imidazole rings is 1. The number of ether oxygens (including phenoxy) is 1. The third-order valence-electron chi connectivity index (χ3n) is 7.71. The molecule has 3 N–H and O–H groups in total. The molecule has 0 bridgehead atoms. The van der Waals surface area contributed by atoms with Crippen molar-refractivity contribution in [2.75, 3.05) is 36.8 Å². The van der Waals surface area contributed by atoms with Gasteiger partial charge in [0, 0.05) is 43.8 Å². The number of urea groups is 1. The van der Waals surface area contributed by atoms with Gasteiger partial charge in [-0.1, -0.05) is 43.3 Å². The van der Waals surface area contributed by atoms with Crippen LogP contribution in [0.3, 0.4) is 0 Å². The van der Waals surface area contributed by atoms with Crippen LogP contribution in [0.4, 0.5) is 16.2 Å². The van der Waals surface area contributed by atoms with Crippen molar-refractivity contribution in [3.8, 4) is 5.75 Å². The number of anilines is 2. The minimum absolute atomic E-state index is 0.131. The molecule has 0 radical (unpaired) electrons. The summed E-state index contributed by atoms with van der Waals surface area (Å²) in [6, 6.07) is 17.1. The first kappa shape index (κ1) is 30.8. The van der Waals surface area contributed by atoms with Crippen LogP contribution in [-0.4, -0.2) is 83.7 Å². The molecule has 3 atom stereocenters. The summed E-state index contributed by atoms with van der Waals surface area (Å²) < 4.78 is 36.2. The van der Waals surface area contributed by atoms with Crippen molar-refractivity contribution in [3.63, 3.8) is 0 Å². The number of hydrogen-bond donors (Lipinski definition) is 3. The Bertz CT molecular complexity index is 1790. The van der Waals surface area contributed by atoms with E-state index in [4.69, 9.17) is 4.74 Å². The normalized spacial score (nSPS) is 17.7. The highest BCUT2D eigenvalue weighted by molar-refractivity contribution is 7.92. The fourth-order valence-electron chi connectivity index (χ4n) is 5.14. The number of aliphatic hydroxyl groups is 1. The minimum Gasteiger partial charge on any atom is -0.487 e. The summed E-state index contributed by atoms with van der Waals surface area (Å²) >= 11 is 0. The van der Waals surface area contributed by atoms with Gasteiger partial charge in [0.05, 0.1) is 36.8 Å². The van der Waals surface area contributed by atoms with E-state index in [0.29, 0.717) is 5.69 Å². The molecule has 5 rings (SSSR count). The van der Waals surface area contributed by atoms with Crippen molar-refractivity contribution in [2.45, 2.75) is 31.0 Å². The van der Waals surface area contributed by atoms with Crippen molar-refractivity contribution in [1.29, 1.82) is 0 Å². The van der Waals surface area contributed by atoms with E-state index < -0.39 is 28.1 Å². The fourth-order valence-corrected chi connectivity index (χ4v) is 6.17. The zero-order chi connectivity index (χ0) is 31.6. The summed E-state index contributed by atoms with van der Waals surface area (Å²) in [6.45, 7) is 3.83. The van der Waals surface area contributed by atoms with Gasteiger partial charge >= 0.3 is 6.03 Å². The quantitative estimate of drug-likeness (QED) is 0.272. The summed E-state index contributed by atoms with van der Waals surface area (Å²) in [4.78, 5) is 34.0. The third-order valence-corrected chi connectivity index (χ3v) is 8.97. The number of likely N-dealkylation sites (N-methyl/N-ethyl adjacent to an activating group) is 1. The first-order valence-electron chi connectivity index (χ1n) is 14.2. The fraction of sp³-hybridized carbons (Fsp3) is 0.323. The number of aliphatic hydroxyl groups excluding tert-OH is 1. The Kier molecular flexibility index (Phi) is 8.79. The van der Waals surface area contributed by atoms with Crippen LogP contribution >= 0.6 is 0 Å². The Balaban J connectivity index is 1.40. The molecular formula is C31H36N6O6S. The largest absolute Gasteiger partial charge is 0.487 e. The number of aromatic nitrogens is 2. The van der Waals surface area contributed by atoms with Crippen molar-refractivity contribution in [1.82, 2.24) is 19.4 Å². The molecule has 0 saturated carbocycles. The number of fused-ring (bicyclic) bond motifs is 2. The number of nitrogens with zero attached hydrogens (tertiary/aromatic N) is 4. The maximum atomic E-state index is 13.7. The van der Waals surface area contributed by atoms with E-state index in [0.717, 1.165) is 10.8 Å². The standard InChI is InChI=1S/C31H36N6O6S/c1-20-15-37(21(2)18-38)30(39)25-14-23(34-44(41,42)29-17-35(3)19-32-29)12-13-27(25)43-28(20)16-36(4)31(40)33-26-11-7-9-22-8-5-6-10-24(22)26/h5-14,17,19-21,28,34,38H,15-16,18H2,1-4H3,(H,33,40)/t20-,21-,28+/m1/s1. The van der Waals surface area contributed by atoms with E-state index in [9.17, 15) is 23.1 Å². The summed E-state index contributed by atoms with van der Waals surface area (Å²) in [5.74, 6) is -0.394. The molecule has 1 aliphatic rings. The van der Waals surface area contributed by atoms with Crippen LogP contribution in [-0.2, 0) is 17.1 Å². The Labute approximate surface area is 256 Å². The molecule has 232 valence electrons. The zero-order valence-electron chi connectivity index (χ0n) is 25.0. The van der Waals surface area contributed by atoms with E-state index in [1.54, 1.807) is 25.9 Å². The lowest BCUT2D eigenvalue weighted by molar-refractivity contribution is 0.0371. The van der Waals surface area contributed by atoms with Crippen LogP contribution in [0, 0.1) is 5.92 Å². The number of carbonyl (C=O) groups is 2. The number of sulfonamides is 1. The average Bonchev–Trinajstić information content (AvgIpc) is 3.46. The molecular weight excluding hydrogens is 584 g/mol. The van der Waals surface area contributed by atoms with Gasteiger partial charge in [0.1, 0.15) is 11.9 Å². The summed E-state index contributed by atoms with van der Waals surface area (Å²) in [6.07, 6.45) is 2.21. The van der Waals surface area contributed by atoms with Gasteiger partial charge in [-0.3, -0.25) is 9.52 Å². The van der Waals surface area contributed by atoms with E-state index in [2.05, 4.69) is 15.0 Å². The van der Waals surface area contributed by atoms with E-state index in [-0.39, 0.29) is 53.7 Å². The molecule has 44 heavy (non-hydrogen) atoms. The number of amides is 3. The van der Waals surface area contributed by atoms with E-state index in [1.807, 2.05) is 49.4 Å². The lowest BCUT2D eigenvalue weighted by Gasteiger charge is -2.38. The molecule has 3 amide bonds. The Hall–Kier alpha value is -4.62. The van der Waals surface area contributed by atoms with E-state index in [1.165, 1.54) is 40.2 Å². The van der Waals surface area contributed by atoms with Crippen molar-refractivity contribution < 1.29 is 27.9 Å². The molecule has 0 spiro atoms. The van der Waals surface area contributed by atoms with Crippen molar-refractivity contribution >= 4 is 44.1 Å². The topological polar surface area (TPSA) is 146 Å². The molecule has 13 heteroatoms. The predicted molar refractivity (Wildman–Crippen MR) is 167 cm³/mol. The van der Waals surface area contributed by atoms with Crippen LogP contribution in [0.5, 0.6) is 5.75 Å². The number of carbonyl (C=O) groups excluding carboxylic acids is 2. The van der Waals surface area contributed by atoms with Gasteiger partial charge in [-0.05, 0) is 36.6 Å². The molecule has 12 nitrogen and oxygen atoms in total. The second-order valence-electron chi connectivity index (χ2n) is 11.2. The number of nitrogens with one attached hydrogen (secondary N) is 2. The summed E-state index contributed by atoms with van der Waals surface area (Å²) in [7, 11) is -0.680. The van der Waals surface area contributed by atoms with Crippen LogP contribution < -0.4 is 14.8 Å². The molecule has 0 aliphatic carbocycles. The van der Waals surface area contributed by atoms with Crippen LogP contribution in [0.2, 0.25) is 0 Å². The Morgan fingerprint density at radius 1 is 1.18 bits per heavy atom. The van der Waals surface area contributed by atoms with Gasteiger partial charge in [0.2, 0.25) is 0 Å². The summed E-state index contributed by atoms with van der Waals surface area (Å²) in [5.41, 5.74) is 0.970. The monoisotopic (exact) mass is 620 g/mol. The summed E-state index contributed by atoms with van der Waals surface area (Å²) in [5, 5.41) is 14.7. The van der Waals surface area contributed by atoms with Crippen LogP contribution in [0.1, 0.15) is 24.2 Å². The second kappa shape index (κ2) is 12.5. The van der Waals surface area contributed by atoms with Crippen LogP contribution in [0.15, 0.2) is 78.2 Å². The average molecular weight is 621 g/mol. The Morgan fingerprint density at radius 3 is 2.66 bits per heavy atom. The Morgan fingerprint density at radius 2 is 1.93 bits per heavy atom. The smallest absolute Gasteiger partial charge is 0.321 e. The first-order valence-corrected chi connectivity index (χ1v) is 15.7. The molecule has 0 fully saturated rings. The highest BCUT2D eigenvalue weighted by atomic mass is 32.2. The highest BCUT2D eigenvalue weighted by Crippen LogP contribution is 2.31. The highest BCUT2D eigenvalue weighted by Gasteiger charge is 2.34. The molecule has 0 saturated heterocycles.